The molecule has 14 heteroatoms. The van der Waals surface area contributed by atoms with Gasteiger partial charge in [0, 0.05) is 30.2 Å². The van der Waals surface area contributed by atoms with Gasteiger partial charge >= 0.3 is 23.5 Å². The van der Waals surface area contributed by atoms with Crippen LogP contribution in [-0.2, 0) is 28.6 Å². The van der Waals surface area contributed by atoms with E-state index in [1.54, 1.807) is 12.1 Å². The number of nitrogens with zero attached hydrogens (tertiary/aromatic N) is 1. The van der Waals surface area contributed by atoms with E-state index < -0.39 is 35.0 Å². The zero-order valence-corrected chi connectivity index (χ0v) is 23.1. The summed E-state index contributed by atoms with van der Waals surface area (Å²) in [5.41, 5.74) is -1.66. The number of carboxylic acids is 3. The summed E-state index contributed by atoms with van der Waals surface area (Å²) in [5.74, 6) is -4.23. The van der Waals surface area contributed by atoms with Crippen molar-refractivity contribution in [1.82, 2.24) is 5.32 Å². The molecule has 226 valence electrons. The lowest BCUT2D eigenvalue weighted by Crippen LogP contribution is -2.59. The molecule has 0 fully saturated rings. The Morgan fingerprint density at radius 1 is 0.829 bits per heavy atom. The number of hydrogen-bond acceptors (Lipinski definition) is 10. The number of benzene rings is 1. The summed E-state index contributed by atoms with van der Waals surface area (Å²) in [7, 11) is 0. The minimum absolute atomic E-state index is 0.232. The Balaban J connectivity index is 2.37. The van der Waals surface area contributed by atoms with Crippen molar-refractivity contribution >= 4 is 40.5 Å². The van der Waals surface area contributed by atoms with Crippen LogP contribution in [-0.4, -0.2) is 97.4 Å². The normalized spacial score (nSPS) is 11.4. The predicted molar refractivity (Wildman–Crippen MR) is 145 cm³/mol. The molecule has 2 rings (SSSR count). The zero-order chi connectivity index (χ0) is 30.4. The molecule has 0 aliphatic heterocycles. The SMILES string of the molecule is CCN(CC)c1ccc2cc(C(=O)NC(COCCC(=O)O)(COCCC(=O)O)COCCC(=O)O)c(=O)oc2c1. The van der Waals surface area contributed by atoms with E-state index >= 15 is 0 Å². The van der Waals surface area contributed by atoms with E-state index in [0.29, 0.717) is 5.39 Å². The minimum atomic E-state index is -1.54. The molecule has 0 unspecified atom stereocenters. The zero-order valence-electron chi connectivity index (χ0n) is 23.1. The Bertz CT molecular complexity index is 1200. The minimum Gasteiger partial charge on any atom is -0.481 e. The van der Waals surface area contributed by atoms with Gasteiger partial charge in [-0.1, -0.05) is 0 Å². The predicted octanol–water partition coefficient (Wildman–Crippen LogP) is 1.58. The van der Waals surface area contributed by atoms with Crippen molar-refractivity contribution in [2.24, 2.45) is 0 Å². The maximum atomic E-state index is 13.4. The first-order valence-electron chi connectivity index (χ1n) is 13.0. The van der Waals surface area contributed by atoms with Crippen LogP contribution < -0.4 is 15.8 Å². The third-order valence-electron chi connectivity index (χ3n) is 5.99. The van der Waals surface area contributed by atoms with Crippen LogP contribution in [0.15, 0.2) is 33.5 Å². The molecule has 0 aliphatic carbocycles. The number of aliphatic carboxylic acids is 3. The number of ether oxygens (including phenoxy) is 3. The van der Waals surface area contributed by atoms with Crippen molar-refractivity contribution in [2.75, 3.05) is 57.6 Å². The molecule has 0 bridgehead atoms. The van der Waals surface area contributed by atoms with Gasteiger partial charge in [-0.2, -0.15) is 0 Å². The highest BCUT2D eigenvalue weighted by Crippen LogP contribution is 2.22. The number of fused-ring (bicyclic) bond motifs is 1. The lowest BCUT2D eigenvalue weighted by molar-refractivity contribution is -0.139. The van der Waals surface area contributed by atoms with Crippen LogP contribution in [0.1, 0.15) is 43.5 Å². The van der Waals surface area contributed by atoms with Gasteiger partial charge in [0.15, 0.2) is 0 Å². The van der Waals surface area contributed by atoms with Crippen LogP contribution >= 0.6 is 0 Å². The lowest BCUT2D eigenvalue weighted by Gasteiger charge is -2.34. The highest BCUT2D eigenvalue weighted by atomic mass is 16.5. The Morgan fingerprint density at radius 3 is 1.76 bits per heavy atom. The molecule has 0 saturated carbocycles. The number of amides is 1. The first-order valence-corrected chi connectivity index (χ1v) is 13.0. The third-order valence-corrected chi connectivity index (χ3v) is 5.99. The summed E-state index contributed by atoms with van der Waals surface area (Å²) < 4.78 is 21.8. The second-order valence-electron chi connectivity index (χ2n) is 9.17. The monoisotopic (exact) mass is 580 g/mol. The van der Waals surface area contributed by atoms with Gasteiger partial charge in [0.1, 0.15) is 16.7 Å². The van der Waals surface area contributed by atoms with Crippen LogP contribution in [0.25, 0.3) is 11.0 Å². The highest BCUT2D eigenvalue weighted by Gasteiger charge is 2.35. The van der Waals surface area contributed by atoms with Gasteiger partial charge in [-0.05, 0) is 32.0 Å². The van der Waals surface area contributed by atoms with E-state index in [9.17, 15) is 24.0 Å². The van der Waals surface area contributed by atoms with E-state index in [1.165, 1.54) is 6.07 Å². The molecular formula is C27H36N2O12. The summed E-state index contributed by atoms with van der Waals surface area (Å²) >= 11 is 0. The molecule has 2 aromatic rings. The fourth-order valence-corrected chi connectivity index (χ4v) is 3.87. The van der Waals surface area contributed by atoms with Gasteiger partial charge in [0.2, 0.25) is 0 Å². The van der Waals surface area contributed by atoms with Crippen molar-refractivity contribution < 1.29 is 53.1 Å². The topological polar surface area (TPSA) is 202 Å². The van der Waals surface area contributed by atoms with Gasteiger partial charge in [0.05, 0.1) is 58.9 Å². The summed E-state index contributed by atoms with van der Waals surface area (Å²) in [6.07, 6.45) is -1.02. The molecular weight excluding hydrogens is 544 g/mol. The van der Waals surface area contributed by atoms with Crippen molar-refractivity contribution in [3.05, 3.63) is 40.2 Å². The van der Waals surface area contributed by atoms with E-state index in [2.05, 4.69) is 10.2 Å². The van der Waals surface area contributed by atoms with Gasteiger partial charge in [-0.3, -0.25) is 19.2 Å². The van der Waals surface area contributed by atoms with Crippen LogP contribution in [0.5, 0.6) is 0 Å². The number of carbonyl (C=O) groups excluding carboxylic acids is 1. The molecule has 4 N–H and O–H groups in total. The standard InChI is InChI=1S/C27H36N2O12/c1-3-29(4-2)19-6-5-18-13-20(26(37)41-21(18)14-19)25(36)28-27(15-38-10-7-22(30)31,16-39-11-8-23(32)33)17-40-12-9-24(34)35/h5-6,13-14H,3-4,7-12,15-17H2,1-2H3,(H,28,36)(H,30,31)(H,32,33)(H,34,35). The molecule has 0 saturated heterocycles. The van der Waals surface area contributed by atoms with Crippen molar-refractivity contribution in [1.29, 1.82) is 0 Å². The molecule has 0 aliphatic rings. The van der Waals surface area contributed by atoms with E-state index in [0.717, 1.165) is 18.8 Å². The summed E-state index contributed by atoms with van der Waals surface area (Å²) in [5, 5.41) is 29.9. The van der Waals surface area contributed by atoms with E-state index in [1.807, 2.05) is 19.9 Å². The first-order chi connectivity index (χ1) is 19.5. The van der Waals surface area contributed by atoms with Crippen LogP contribution in [0.4, 0.5) is 5.69 Å². The number of hydrogen-bond donors (Lipinski definition) is 4. The molecule has 1 heterocycles. The molecule has 1 aromatic carbocycles. The number of carboxylic acid groups (broad SMARTS) is 3. The fraction of sp³-hybridized carbons (Fsp3) is 0.519. The molecule has 41 heavy (non-hydrogen) atoms. The summed E-state index contributed by atoms with van der Waals surface area (Å²) in [4.78, 5) is 61.1. The summed E-state index contributed by atoms with van der Waals surface area (Å²) in [6.45, 7) is 3.73. The molecule has 1 aromatic heterocycles. The second-order valence-corrected chi connectivity index (χ2v) is 9.17. The Morgan fingerprint density at radius 2 is 1.32 bits per heavy atom. The van der Waals surface area contributed by atoms with Gasteiger partial charge in [-0.15, -0.1) is 0 Å². The molecule has 14 nitrogen and oxygen atoms in total. The Hall–Kier alpha value is -4.01. The quantitative estimate of drug-likeness (QED) is 0.130. The highest BCUT2D eigenvalue weighted by molar-refractivity contribution is 5.97. The van der Waals surface area contributed by atoms with Crippen LogP contribution in [0.2, 0.25) is 0 Å². The maximum absolute atomic E-state index is 13.4. The Kier molecular flexibility index (Phi) is 13.2. The average molecular weight is 581 g/mol. The number of carbonyl (C=O) groups is 4. The fourth-order valence-electron chi connectivity index (χ4n) is 3.87. The summed E-state index contributed by atoms with van der Waals surface area (Å²) in [6, 6.07) is 6.63. The average Bonchev–Trinajstić information content (AvgIpc) is 2.91. The maximum Gasteiger partial charge on any atom is 0.349 e. The smallest absolute Gasteiger partial charge is 0.349 e. The van der Waals surface area contributed by atoms with Gasteiger partial charge < -0.3 is 44.2 Å². The molecule has 0 radical (unpaired) electrons. The van der Waals surface area contributed by atoms with Crippen molar-refractivity contribution in [3.8, 4) is 0 Å². The number of nitrogens with one attached hydrogen (secondary N) is 1. The molecule has 0 atom stereocenters. The van der Waals surface area contributed by atoms with Gasteiger partial charge in [0.25, 0.3) is 5.91 Å². The van der Waals surface area contributed by atoms with Crippen LogP contribution in [0.3, 0.4) is 0 Å². The largest absolute Gasteiger partial charge is 0.481 e. The van der Waals surface area contributed by atoms with Gasteiger partial charge in [-0.25, -0.2) is 4.79 Å². The Labute approximate surface area is 235 Å². The van der Waals surface area contributed by atoms with Crippen molar-refractivity contribution in [3.63, 3.8) is 0 Å². The van der Waals surface area contributed by atoms with Crippen LogP contribution in [0, 0.1) is 0 Å². The van der Waals surface area contributed by atoms with E-state index in [4.69, 9.17) is 33.9 Å². The van der Waals surface area contributed by atoms with Crippen molar-refractivity contribution in [2.45, 2.75) is 38.6 Å². The second kappa shape index (κ2) is 16.3. The van der Waals surface area contributed by atoms with E-state index in [-0.39, 0.29) is 70.1 Å². The first kappa shape index (κ1) is 33.2. The lowest BCUT2D eigenvalue weighted by atomic mass is 10.0. The molecule has 1 amide bonds. The number of rotatable bonds is 20. The third kappa shape index (κ3) is 10.8. The number of anilines is 1. The molecule has 0 spiro atoms.